The average molecular weight is 379 g/mol. The Balaban J connectivity index is 1.64. The van der Waals surface area contributed by atoms with Gasteiger partial charge < -0.3 is 10.6 Å². The van der Waals surface area contributed by atoms with Gasteiger partial charge in [-0.15, -0.1) is 0 Å². The number of halogens is 1. The maximum absolute atomic E-state index is 12.2. The van der Waals surface area contributed by atoms with Gasteiger partial charge in [-0.3, -0.25) is 4.79 Å². The van der Waals surface area contributed by atoms with Crippen LogP contribution in [0, 0.1) is 0 Å². The monoisotopic (exact) mass is 378 g/mol. The number of carbonyl (C=O) groups is 1. The van der Waals surface area contributed by atoms with Crippen molar-refractivity contribution in [2.45, 2.75) is 11.7 Å². The molecule has 1 amide bonds. The van der Waals surface area contributed by atoms with Crippen LogP contribution >= 0.6 is 11.6 Å². The molecule has 1 aliphatic rings. The highest BCUT2D eigenvalue weighted by atomic mass is 35.5. The van der Waals surface area contributed by atoms with E-state index in [-0.39, 0.29) is 11.7 Å². The fourth-order valence-corrected chi connectivity index (χ4v) is 4.47. The molecule has 0 bridgehead atoms. The smallest absolute Gasteiger partial charge is 0.255 e. The molecule has 132 valence electrons. The van der Waals surface area contributed by atoms with Gasteiger partial charge in [-0.2, -0.15) is 0 Å². The molecule has 2 N–H and O–H groups in total. The minimum Gasteiger partial charge on any atom is -0.322 e. The van der Waals surface area contributed by atoms with Crippen LogP contribution in [0.2, 0.25) is 5.02 Å². The fraction of sp³-hybridized carbons (Fsp3) is 0.278. The van der Waals surface area contributed by atoms with E-state index < -0.39 is 15.1 Å². The molecule has 3 rings (SSSR count). The van der Waals surface area contributed by atoms with Crippen molar-refractivity contribution in [3.63, 3.8) is 0 Å². The Morgan fingerprint density at radius 1 is 1.12 bits per heavy atom. The summed E-state index contributed by atoms with van der Waals surface area (Å²) in [6, 6.07) is 13.9. The van der Waals surface area contributed by atoms with Crippen LogP contribution in [-0.4, -0.2) is 38.4 Å². The summed E-state index contributed by atoms with van der Waals surface area (Å²) >= 11 is 5.82. The maximum Gasteiger partial charge on any atom is 0.255 e. The SMILES string of the molecule is O=C(Nc1ccc(CC2CNCCS2(=O)=O)cc1)c1ccc(Cl)cc1. The molecule has 1 heterocycles. The first-order valence-electron chi connectivity index (χ1n) is 8.02. The summed E-state index contributed by atoms with van der Waals surface area (Å²) in [5.41, 5.74) is 2.11. The van der Waals surface area contributed by atoms with Crippen molar-refractivity contribution < 1.29 is 13.2 Å². The van der Waals surface area contributed by atoms with E-state index >= 15 is 0 Å². The first-order valence-corrected chi connectivity index (χ1v) is 10.1. The average Bonchev–Trinajstić information content (AvgIpc) is 2.59. The van der Waals surface area contributed by atoms with Crippen LogP contribution in [-0.2, 0) is 16.3 Å². The Kier molecular flexibility index (Phi) is 5.42. The highest BCUT2D eigenvalue weighted by Crippen LogP contribution is 2.17. The predicted octanol–water partition coefficient (Wildman–Crippen LogP) is 2.52. The van der Waals surface area contributed by atoms with Crippen molar-refractivity contribution in [3.8, 4) is 0 Å². The lowest BCUT2D eigenvalue weighted by Gasteiger charge is -2.23. The van der Waals surface area contributed by atoms with Gasteiger partial charge in [0.2, 0.25) is 0 Å². The van der Waals surface area contributed by atoms with E-state index in [9.17, 15) is 13.2 Å². The quantitative estimate of drug-likeness (QED) is 0.857. The number of hydrogen-bond donors (Lipinski definition) is 2. The Labute approximate surface area is 152 Å². The summed E-state index contributed by atoms with van der Waals surface area (Å²) in [5.74, 6) is -0.0316. The van der Waals surface area contributed by atoms with Gasteiger partial charge in [-0.1, -0.05) is 23.7 Å². The lowest BCUT2D eigenvalue weighted by atomic mass is 10.1. The third-order valence-electron chi connectivity index (χ3n) is 4.22. The summed E-state index contributed by atoms with van der Waals surface area (Å²) in [7, 11) is -3.03. The highest BCUT2D eigenvalue weighted by Gasteiger charge is 2.28. The molecular weight excluding hydrogens is 360 g/mol. The molecule has 0 radical (unpaired) electrons. The van der Waals surface area contributed by atoms with Crippen LogP contribution < -0.4 is 10.6 Å². The molecule has 25 heavy (non-hydrogen) atoms. The van der Waals surface area contributed by atoms with Crippen LogP contribution in [0.1, 0.15) is 15.9 Å². The maximum atomic E-state index is 12.2. The van der Waals surface area contributed by atoms with Crippen molar-refractivity contribution in [1.82, 2.24) is 5.32 Å². The second kappa shape index (κ2) is 7.56. The zero-order valence-corrected chi connectivity index (χ0v) is 15.1. The number of carbonyl (C=O) groups excluding carboxylic acids is 1. The number of sulfone groups is 1. The Hall–Kier alpha value is -1.89. The van der Waals surface area contributed by atoms with Crippen molar-refractivity contribution in [3.05, 3.63) is 64.7 Å². The summed E-state index contributed by atoms with van der Waals surface area (Å²) in [6.45, 7) is 1.01. The van der Waals surface area contributed by atoms with Gasteiger partial charge in [-0.05, 0) is 48.4 Å². The molecule has 0 saturated carbocycles. The van der Waals surface area contributed by atoms with E-state index in [0.29, 0.717) is 35.8 Å². The normalized spacial score (nSPS) is 19.3. The van der Waals surface area contributed by atoms with E-state index in [0.717, 1.165) is 5.56 Å². The summed E-state index contributed by atoms with van der Waals surface area (Å²) in [4.78, 5) is 12.2. The minimum absolute atomic E-state index is 0.187. The molecule has 1 unspecified atom stereocenters. The molecule has 1 aliphatic heterocycles. The lowest BCUT2D eigenvalue weighted by molar-refractivity contribution is 0.102. The number of hydrogen-bond acceptors (Lipinski definition) is 4. The van der Waals surface area contributed by atoms with Crippen LogP contribution in [0.25, 0.3) is 0 Å². The third-order valence-corrected chi connectivity index (χ3v) is 6.60. The summed E-state index contributed by atoms with van der Waals surface area (Å²) in [5, 5.41) is 6.12. The molecule has 0 aliphatic carbocycles. The Morgan fingerprint density at radius 3 is 2.44 bits per heavy atom. The first kappa shape index (κ1) is 17.9. The first-order chi connectivity index (χ1) is 11.9. The van der Waals surface area contributed by atoms with Gasteiger partial charge >= 0.3 is 0 Å². The zero-order chi connectivity index (χ0) is 17.9. The van der Waals surface area contributed by atoms with E-state index in [4.69, 9.17) is 11.6 Å². The fourth-order valence-electron chi connectivity index (χ4n) is 2.76. The van der Waals surface area contributed by atoms with Crippen molar-refractivity contribution in [2.24, 2.45) is 0 Å². The van der Waals surface area contributed by atoms with E-state index in [2.05, 4.69) is 10.6 Å². The zero-order valence-electron chi connectivity index (χ0n) is 13.5. The molecular formula is C18H19ClN2O3S. The molecule has 1 fully saturated rings. The van der Waals surface area contributed by atoms with Gasteiger partial charge in [0.1, 0.15) is 0 Å². The number of amides is 1. The molecule has 1 saturated heterocycles. The number of rotatable bonds is 4. The van der Waals surface area contributed by atoms with Crippen molar-refractivity contribution in [2.75, 3.05) is 24.2 Å². The van der Waals surface area contributed by atoms with Crippen LogP contribution in [0.4, 0.5) is 5.69 Å². The van der Waals surface area contributed by atoms with Gasteiger partial charge in [-0.25, -0.2) is 8.42 Å². The van der Waals surface area contributed by atoms with E-state index in [1.807, 2.05) is 12.1 Å². The standard InChI is InChI=1S/C18H19ClN2O3S/c19-15-5-3-14(4-6-15)18(22)21-16-7-1-13(2-8-16)11-17-12-20-9-10-25(17,23)24/h1-8,17,20H,9-12H2,(H,21,22). The molecule has 5 nitrogen and oxygen atoms in total. The third kappa shape index (κ3) is 4.60. The van der Waals surface area contributed by atoms with E-state index in [1.165, 1.54) is 0 Å². The topological polar surface area (TPSA) is 75.3 Å². The largest absolute Gasteiger partial charge is 0.322 e. The molecule has 2 aromatic carbocycles. The van der Waals surface area contributed by atoms with Gasteiger partial charge in [0.05, 0.1) is 11.0 Å². The number of nitrogens with one attached hydrogen (secondary N) is 2. The van der Waals surface area contributed by atoms with Gasteiger partial charge in [0.15, 0.2) is 9.84 Å². The second-order valence-corrected chi connectivity index (χ2v) is 8.89. The minimum atomic E-state index is -3.03. The van der Waals surface area contributed by atoms with Gasteiger partial charge in [0, 0.05) is 29.4 Å². The second-order valence-electron chi connectivity index (χ2n) is 6.06. The summed E-state index contributed by atoms with van der Waals surface area (Å²) in [6.07, 6.45) is 0.473. The van der Waals surface area contributed by atoms with Crippen molar-refractivity contribution in [1.29, 1.82) is 0 Å². The predicted molar refractivity (Wildman–Crippen MR) is 100.0 cm³/mol. The Morgan fingerprint density at radius 2 is 1.80 bits per heavy atom. The Bertz CT molecular complexity index is 849. The molecule has 1 atom stereocenters. The van der Waals surface area contributed by atoms with Crippen molar-refractivity contribution >= 4 is 33.0 Å². The molecule has 7 heteroatoms. The van der Waals surface area contributed by atoms with Crippen LogP contribution in [0.5, 0.6) is 0 Å². The van der Waals surface area contributed by atoms with Crippen LogP contribution in [0.3, 0.4) is 0 Å². The molecule has 2 aromatic rings. The van der Waals surface area contributed by atoms with Gasteiger partial charge in [0.25, 0.3) is 5.91 Å². The summed E-state index contributed by atoms with van der Waals surface area (Å²) < 4.78 is 24.1. The number of anilines is 1. The number of benzene rings is 2. The van der Waals surface area contributed by atoms with E-state index in [1.54, 1.807) is 36.4 Å². The molecule has 0 spiro atoms. The highest BCUT2D eigenvalue weighted by molar-refractivity contribution is 7.92. The lowest BCUT2D eigenvalue weighted by Crippen LogP contribution is -2.44. The van der Waals surface area contributed by atoms with Crippen LogP contribution in [0.15, 0.2) is 48.5 Å². The molecule has 0 aromatic heterocycles.